The van der Waals surface area contributed by atoms with E-state index in [0.717, 1.165) is 48.3 Å². The molecule has 3 fully saturated rings. The van der Waals surface area contributed by atoms with Crippen LogP contribution in [-0.2, 0) is 0 Å². The summed E-state index contributed by atoms with van der Waals surface area (Å²) in [4.78, 5) is 0. The van der Waals surface area contributed by atoms with Crippen LogP contribution in [0.15, 0.2) is 0 Å². The van der Waals surface area contributed by atoms with Gasteiger partial charge in [0.2, 0.25) is 0 Å². The van der Waals surface area contributed by atoms with Crippen LogP contribution < -0.4 is 0 Å². The highest BCUT2D eigenvalue weighted by Gasteiger charge is 2.31. The molecule has 0 aliphatic heterocycles. The van der Waals surface area contributed by atoms with Crippen LogP contribution in [0.1, 0.15) is 142 Å². The topological polar surface area (TPSA) is 0 Å². The van der Waals surface area contributed by atoms with Gasteiger partial charge in [-0.2, -0.15) is 0 Å². The highest BCUT2D eigenvalue weighted by Crippen LogP contribution is 2.44. The van der Waals surface area contributed by atoms with Gasteiger partial charge in [0.1, 0.15) is 0 Å². The summed E-state index contributed by atoms with van der Waals surface area (Å²) in [6.45, 7) is 2.21. The molecule has 0 aromatic heterocycles. The van der Waals surface area contributed by atoms with Crippen molar-refractivity contribution in [2.24, 2.45) is 35.5 Å². The molecule has 0 spiro atoms. The van der Waals surface area contributed by atoms with Crippen molar-refractivity contribution in [3.63, 3.8) is 0 Å². The van der Waals surface area contributed by atoms with E-state index in [2.05, 4.69) is 6.92 Å². The maximum atomic E-state index is 12.4. The van der Waals surface area contributed by atoms with Gasteiger partial charge in [-0.25, -0.2) is 0 Å². The van der Waals surface area contributed by atoms with E-state index in [4.69, 9.17) is 0 Å². The normalized spacial score (nSPS) is 35.4. The summed E-state index contributed by atoms with van der Waals surface area (Å²) in [7, 11) is 0. The molecule has 1 heteroatoms. The first-order valence-corrected chi connectivity index (χ1v) is 14.3. The van der Waals surface area contributed by atoms with Gasteiger partial charge in [-0.15, -0.1) is 0 Å². The predicted molar refractivity (Wildman–Crippen MR) is 130 cm³/mol. The maximum Gasteiger partial charge on any atom is 0.0894 e. The lowest BCUT2D eigenvalue weighted by molar-refractivity contribution is 0.135. The quantitative estimate of drug-likeness (QED) is 0.275. The molecule has 0 heterocycles. The van der Waals surface area contributed by atoms with Crippen LogP contribution in [0, 0.1) is 35.5 Å². The molecule has 0 nitrogen and oxygen atoms in total. The van der Waals surface area contributed by atoms with Crippen molar-refractivity contribution in [2.75, 3.05) is 6.67 Å². The molecule has 0 aromatic carbocycles. The molecule has 0 saturated heterocycles. The minimum atomic E-state index is -0.108. The molecule has 3 rings (SSSR count). The molecule has 0 amide bonds. The minimum Gasteiger partial charge on any atom is -0.251 e. The molecule has 0 unspecified atom stereocenters. The fraction of sp³-hybridized carbons (Fsp3) is 1.00. The summed E-state index contributed by atoms with van der Waals surface area (Å²) in [5.74, 6) is 6.11. The fourth-order valence-electron chi connectivity index (χ4n) is 7.40. The van der Waals surface area contributed by atoms with Crippen LogP contribution in [0.4, 0.5) is 4.39 Å². The van der Waals surface area contributed by atoms with Gasteiger partial charge in [0.15, 0.2) is 0 Å². The van der Waals surface area contributed by atoms with Crippen molar-refractivity contribution < 1.29 is 4.39 Å². The Morgan fingerprint density at radius 3 is 1.30 bits per heavy atom. The number of rotatable bonds is 12. The largest absolute Gasteiger partial charge is 0.251 e. The number of hydrogen-bond donors (Lipinski definition) is 0. The Bertz CT molecular complexity index is 408. The minimum absolute atomic E-state index is 0.108. The molecule has 176 valence electrons. The van der Waals surface area contributed by atoms with Gasteiger partial charge < -0.3 is 0 Å². The Morgan fingerprint density at radius 2 is 0.867 bits per heavy atom. The van der Waals surface area contributed by atoms with E-state index >= 15 is 0 Å². The monoisotopic (exact) mass is 420 g/mol. The molecule has 0 radical (unpaired) electrons. The first kappa shape index (κ1) is 24.6. The van der Waals surface area contributed by atoms with Crippen molar-refractivity contribution in [3.05, 3.63) is 0 Å². The van der Waals surface area contributed by atoms with Crippen LogP contribution in [0.2, 0.25) is 0 Å². The van der Waals surface area contributed by atoms with Crippen LogP contribution in [0.5, 0.6) is 0 Å². The SMILES string of the molecule is CCCCCCC1CCC(C2CCC(CCC3CCC(CCCF)CC3)CC2)CC1. The van der Waals surface area contributed by atoms with Gasteiger partial charge in [0.25, 0.3) is 0 Å². The summed E-state index contributed by atoms with van der Waals surface area (Å²) >= 11 is 0. The number of alkyl halides is 1. The Morgan fingerprint density at radius 1 is 0.467 bits per heavy atom. The number of halogens is 1. The Hall–Kier alpha value is -0.0700. The zero-order valence-electron chi connectivity index (χ0n) is 20.4. The van der Waals surface area contributed by atoms with E-state index in [-0.39, 0.29) is 6.67 Å². The molecule has 0 N–H and O–H groups in total. The van der Waals surface area contributed by atoms with Crippen molar-refractivity contribution in [1.82, 2.24) is 0 Å². The van der Waals surface area contributed by atoms with E-state index in [9.17, 15) is 4.39 Å². The predicted octanol–water partition coefficient (Wildman–Crippen LogP) is 9.91. The van der Waals surface area contributed by atoms with Gasteiger partial charge in [-0.05, 0) is 74.0 Å². The average Bonchev–Trinajstić information content (AvgIpc) is 2.81. The van der Waals surface area contributed by atoms with Gasteiger partial charge in [0.05, 0.1) is 6.67 Å². The highest BCUT2D eigenvalue weighted by molar-refractivity contribution is 4.83. The van der Waals surface area contributed by atoms with Gasteiger partial charge in [-0.3, -0.25) is 4.39 Å². The van der Waals surface area contributed by atoms with Crippen molar-refractivity contribution >= 4 is 0 Å². The highest BCUT2D eigenvalue weighted by atomic mass is 19.1. The molecule has 0 bridgehead atoms. The van der Waals surface area contributed by atoms with Crippen molar-refractivity contribution in [2.45, 2.75) is 142 Å². The van der Waals surface area contributed by atoms with E-state index in [1.165, 1.54) is 83.5 Å². The van der Waals surface area contributed by atoms with Gasteiger partial charge >= 0.3 is 0 Å². The maximum absolute atomic E-state index is 12.4. The summed E-state index contributed by atoms with van der Waals surface area (Å²) in [5.41, 5.74) is 0. The number of unbranched alkanes of at least 4 members (excludes halogenated alkanes) is 3. The number of hydrogen-bond acceptors (Lipinski definition) is 0. The van der Waals surface area contributed by atoms with Crippen LogP contribution >= 0.6 is 0 Å². The van der Waals surface area contributed by atoms with Crippen LogP contribution in [-0.4, -0.2) is 6.67 Å². The summed E-state index contributed by atoms with van der Waals surface area (Å²) in [6, 6.07) is 0. The van der Waals surface area contributed by atoms with Gasteiger partial charge in [0, 0.05) is 0 Å². The average molecular weight is 421 g/mol. The fourth-order valence-corrected chi connectivity index (χ4v) is 7.40. The Balaban J connectivity index is 1.23. The van der Waals surface area contributed by atoms with E-state index in [0.29, 0.717) is 0 Å². The van der Waals surface area contributed by atoms with Crippen molar-refractivity contribution in [1.29, 1.82) is 0 Å². The third kappa shape index (κ3) is 8.46. The third-order valence-electron chi connectivity index (χ3n) is 9.61. The lowest BCUT2D eigenvalue weighted by Crippen LogP contribution is -2.26. The molecule has 30 heavy (non-hydrogen) atoms. The third-order valence-corrected chi connectivity index (χ3v) is 9.61. The molecular formula is C29H53F. The summed E-state index contributed by atoms with van der Waals surface area (Å²) in [6.07, 6.45) is 30.3. The second-order valence-corrected chi connectivity index (χ2v) is 11.7. The molecule has 0 aromatic rings. The van der Waals surface area contributed by atoms with Crippen LogP contribution in [0.3, 0.4) is 0 Å². The Kier molecular flexibility index (Phi) is 11.6. The molecule has 3 saturated carbocycles. The standard InChI is InChI=1S/C29H53F/c1-2-3-4-5-7-24-15-19-28(20-16-24)29-21-17-27(18-22-29)14-13-26-11-9-25(10-12-26)8-6-23-30/h24-29H,2-23H2,1H3. The molecular weight excluding hydrogens is 367 g/mol. The Labute approximate surface area is 188 Å². The van der Waals surface area contributed by atoms with Crippen molar-refractivity contribution in [3.8, 4) is 0 Å². The smallest absolute Gasteiger partial charge is 0.0894 e. The summed E-state index contributed by atoms with van der Waals surface area (Å²) in [5, 5.41) is 0. The van der Waals surface area contributed by atoms with E-state index < -0.39 is 0 Å². The second kappa shape index (κ2) is 14.2. The molecule has 3 aliphatic carbocycles. The second-order valence-electron chi connectivity index (χ2n) is 11.7. The van der Waals surface area contributed by atoms with Crippen LogP contribution in [0.25, 0.3) is 0 Å². The summed E-state index contributed by atoms with van der Waals surface area (Å²) < 4.78 is 12.4. The lowest BCUT2D eigenvalue weighted by Gasteiger charge is -2.38. The first-order valence-electron chi connectivity index (χ1n) is 14.3. The van der Waals surface area contributed by atoms with E-state index in [1.54, 1.807) is 38.5 Å². The molecule has 0 atom stereocenters. The first-order chi connectivity index (χ1) is 14.8. The zero-order valence-corrected chi connectivity index (χ0v) is 20.4. The zero-order chi connectivity index (χ0) is 21.0. The van der Waals surface area contributed by atoms with Gasteiger partial charge in [-0.1, -0.05) is 103 Å². The molecule has 3 aliphatic rings. The lowest BCUT2D eigenvalue weighted by atomic mass is 9.68. The van der Waals surface area contributed by atoms with E-state index in [1.807, 2.05) is 0 Å².